The third-order valence-electron chi connectivity index (χ3n) is 3.60. The van der Waals surface area contributed by atoms with Gasteiger partial charge in [-0.05, 0) is 31.5 Å². The Morgan fingerprint density at radius 3 is 2.94 bits per heavy atom. The molecule has 0 spiro atoms. The van der Waals surface area contributed by atoms with Gasteiger partial charge >= 0.3 is 0 Å². The second-order valence-corrected chi connectivity index (χ2v) is 5.20. The molecule has 0 bridgehead atoms. The largest absolute Gasteiger partial charge is 0.313 e. The number of nitrogens with one attached hydrogen (secondary N) is 1. The Hall–Kier alpha value is -1.01. The van der Waals surface area contributed by atoms with Crippen molar-refractivity contribution in [2.24, 2.45) is 7.05 Å². The third-order valence-corrected chi connectivity index (χ3v) is 3.60. The highest BCUT2D eigenvalue weighted by Crippen LogP contribution is 2.13. The van der Waals surface area contributed by atoms with E-state index in [1.807, 2.05) is 7.05 Å². The van der Waals surface area contributed by atoms with Gasteiger partial charge in [-0.2, -0.15) is 4.80 Å². The first-order valence-corrected chi connectivity index (χ1v) is 6.89. The Labute approximate surface area is 109 Å². The molecule has 18 heavy (non-hydrogen) atoms. The number of hydrogen-bond donors (Lipinski definition) is 1. The number of hydrogen-bond acceptors (Lipinski definition) is 5. The summed E-state index contributed by atoms with van der Waals surface area (Å²) in [4.78, 5) is 4.00. The standard InChI is InChI=1S/C12H24N6/c1-4-5-11-8-18(10(2)6-7-13-11)9-12-14-16-17(3)15-12/h10-11,13H,4-9H2,1-3H3. The quantitative estimate of drug-likeness (QED) is 0.848. The summed E-state index contributed by atoms with van der Waals surface area (Å²) in [6, 6.07) is 1.17. The molecule has 102 valence electrons. The van der Waals surface area contributed by atoms with Crippen LogP contribution in [0.4, 0.5) is 0 Å². The van der Waals surface area contributed by atoms with Crippen molar-refractivity contribution in [3.63, 3.8) is 0 Å². The molecule has 1 aromatic heterocycles. The fourth-order valence-corrected chi connectivity index (χ4v) is 2.54. The lowest BCUT2D eigenvalue weighted by molar-refractivity contribution is 0.188. The molecule has 1 aromatic rings. The van der Waals surface area contributed by atoms with Crippen LogP contribution in [0, 0.1) is 0 Å². The van der Waals surface area contributed by atoms with Crippen molar-refractivity contribution < 1.29 is 0 Å². The minimum Gasteiger partial charge on any atom is -0.313 e. The summed E-state index contributed by atoms with van der Waals surface area (Å²) < 4.78 is 0. The number of aromatic nitrogens is 4. The van der Waals surface area contributed by atoms with Crippen LogP contribution in [0.2, 0.25) is 0 Å². The second kappa shape index (κ2) is 6.24. The van der Waals surface area contributed by atoms with Gasteiger partial charge in [0.1, 0.15) is 0 Å². The Morgan fingerprint density at radius 2 is 2.28 bits per heavy atom. The highest BCUT2D eigenvalue weighted by atomic mass is 15.6. The van der Waals surface area contributed by atoms with Gasteiger partial charge in [-0.15, -0.1) is 10.2 Å². The van der Waals surface area contributed by atoms with Crippen molar-refractivity contribution >= 4 is 0 Å². The second-order valence-electron chi connectivity index (χ2n) is 5.20. The van der Waals surface area contributed by atoms with Crippen molar-refractivity contribution in [1.82, 2.24) is 30.4 Å². The zero-order chi connectivity index (χ0) is 13.0. The van der Waals surface area contributed by atoms with Gasteiger partial charge in [-0.1, -0.05) is 13.3 Å². The minimum atomic E-state index is 0.572. The summed E-state index contributed by atoms with van der Waals surface area (Å²) in [5.74, 6) is 0.821. The molecule has 1 aliphatic heterocycles. The van der Waals surface area contributed by atoms with E-state index in [0.29, 0.717) is 12.1 Å². The molecule has 2 unspecified atom stereocenters. The van der Waals surface area contributed by atoms with E-state index in [9.17, 15) is 0 Å². The highest BCUT2D eigenvalue weighted by molar-refractivity contribution is 4.85. The van der Waals surface area contributed by atoms with Crippen molar-refractivity contribution in [2.75, 3.05) is 13.1 Å². The maximum atomic E-state index is 4.27. The van der Waals surface area contributed by atoms with Gasteiger partial charge in [0.2, 0.25) is 0 Å². The maximum Gasteiger partial charge on any atom is 0.188 e. The van der Waals surface area contributed by atoms with Crippen LogP contribution in [0.25, 0.3) is 0 Å². The average Bonchev–Trinajstić information content (AvgIpc) is 2.65. The summed E-state index contributed by atoms with van der Waals surface area (Å²) in [6.07, 6.45) is 3.64. The lowest BCUT2D eigenvalue weighted by atomic mass is 10.1. The molecule has 0 amide bonds. The van der Waals surface area contributed by atoms with Gasteiger partial charge in [-0.3, -0.25) is 4.90 Å². The lowest BCUT2D eigenvalue weighted by Gasteiger charge is -2.27. The van der Waals surface area contributed by atoms with Gasteiger partial charge in [0.25, 0.3) is 0 Å². The zero-order valence-electron chi connectivity index (χ0n) is 11.6. The Kier molecular flexibility index (Phi) is 4.66. The topological polar surface area (TPSA) is 58.9 Å². The first-order valence-electron chi connectivity index (χ1n) is 6.89. The van der Waals surface area contributed by atoms with Crippen LogP contribution in [0.3, 0.4) is 0 Å². The molecule has 6 nitrogen and oxygen atoms in total. The number of tetrazole rings is 1. The van der Waals surface area contributed by atoms with Crippen LogP contribution in [0.15, 0.2) is 0 Å². The van der Waals surface area contributed by atoms with E-state index < -0.39 is 0 Å². The highest BCUT2D eigenvalue weighted by Gasteiger charge is 2.23. The minimum absolute atomic E-state index is 0.572. The van der Waals surface area contributed by atoms with Gasteiger partial charge in [-0.25, -0.2) is 0 Å². The fourth-order valence-electron chi connectivity index (χ4n) is 2.54. The van der Waals surface area contributed by atoms with Crippen molar-refractivity contribution in [2.45, 2.75) is 51.7 Å². The summed E-state index contributed by atoms with van der Waals surface area (Å²) in [5.41, 5.74) is 0. The van der Waals surface area contributed by atoms with Gasteiger partial charge in [0.15, 0.2) is 5.82 Å². The Bertz CT molecular complexity index is 363. The average molecular weight is 252 g/mol. The number of rotatable bonds is 4. The SMILES string of the molecule is CCCC1CN(Cc2nnn(C)n2)C(C)CCN1. The van der Waals surface area contributed by atoms with Crippen LogP contribution in [-0.4, -0.2) is 50.3 Å². The maximum absolute atomic E-state index is 4.27. The third kappa shape index (κ3) is 3.49. The molecule has 6 heteroatoms. The van der Waals surface area contributed by atoms with E-state index in [2.05, 4.69) is 39.5 Å². The smallest absolute Gasteiger partial charge is 0.188 e. The van der Waals surface area contributed by atoms with Crippen LogP contribution in [-0.2, 0) is 13.6 Å². The summed E-state index contributed by atoms with van der Waals surface area (Å²) >= 11 is 0. The first-order chi connectivity index (χ1) is 8.69. The van der Waals surface area contributed by atoms with Crippen LogP contribution in [0.5, 0.6) is 0 Å². The predicted molar refractivity (Wildman–Crippen MR) is 70.0 cm³/mol. The molecule has 0 saturated carbocycles. The first kappa shape index (κ1) is 13.4. The lowest BCUT2D eigenvalue weighted by Crippen LogP contribution is -2.39. The van der Waals surface area contributed by atoms with Gasteiger partial charge in [0, 0.05) is 18.6 Å². The van der Waals surface area contributed by atoms with Crippen LogP contribution in [0.1, 0.15) is 38.9 Å². The molecule has 1 fully saturated rings. The zero-order valence-corrected chi connectivity index (χ0v) is 11.6. The van der Waals surface area contributed by atoms with Crippen LogP contribution < -0.4 is 5.32 Å². The van der Waals surface area contributed by atoms with E-state index in [1.165, 1.54) is 24.1 Å². The van der Waals surface area contributed by atoms with Crippen molar-refractivity contribution in [3.05, 3.63) is 5.82 Å². The monoisotopic (exact) mass is 252 g/mol. The molecule has 1 N–H and O–H groups in total. The molecule has 2 atom stereocenters. The molecule has 0 aromatic carbocycles. The molecule has 2 heterocycles. The Balaban J connectivity index is 1.98. The Morgan fingerprint density at radius 1 is 1.44 bits per heavy atom. The summed E-state index contributed by atoms with van der Waals surface area (Å²) in [6.45, 7) is 7.51. The van der Waals surface area contributed by atoms with E-state index in [4.69, 9.17) is 0 Å². The molecule has 0 radical (unpaired) electrons. The molecule has 1 saturated heterocycles. The summed E-state index contributed by atoms with van der Waals surface area (Å²) in [7, 11) is 1.81. The predicted octanol–water partition coefficient (Wildman–Crippen LogP) is 0.563. The van der Waals surface area contributed by atoms with Crippen molar-refractivity contribution in [3.8, 4) is 0 Å². The molecule has 0 aliphatic carbocycles. The van der Waals surface area contributed by atoms with E-state index in [0.717, 1.165) is 25.5 Å². The number of nitrogens with zero attached hydrogens (tertiary/aromatic N) is 5. The molecular formula is C12H24N6. The van der Waals surface area contributed by atoms with E-state index in [-0.39, 0.29) is 0 Å². The van der Waals surface area contributed by atoms with Crippen molar-refractivity contribution in [1.29, 1.82) is 0 Å². The molecular weight excluding hydrogens is 228 g/mol. The molecule has 2 rings (SSSR count). The summed E-state index contributed by atoms with van der Waals surface area (Å²) in [5, 5.41) is 15.9. The van der Waals surface area contributed by atoms with E-state index in [1.54, 1.807) is 0 Å². The van der Waals surface area contributed by atoms with Crippen LogP contribution >= 0.6 is 0 Å². The van der Waals surface area contributed by atoms with Gasteiger partial charge in [0.05, 0.1) is 13.6 Å². The number of aryl methyl sites for hydroxylation is 1. The molecule has 1 aliphatic rings. The van der Waals surface area contributed by atoms with E-state index >= 15 is 0 Å². The van der Waals surface area contributed by atoms with Gasteiger partial charge < -0.3 is 5.32 Å². The fraction of sp³-hybridized carbons (Fsp3) is 0.917. The normalized spacial score (nSPS) is 26.2.